The number of aliphatic hydroxyl groups is 1. The molecule has 1 aromatic carbocycles. The summed E-state index contributed by atoms with van der Waals surface area (Å²) in [6.45, 7) is -0.260. The normalized spacial score (nSPS) is 12.3. The average Bonchev–Trinajstić information content (AvgIpc) is 2.58. The minimum atomic E-state index is -0.573. The van der Waals surface area contributed by atoms with E-state index in [-0.39, 0.29) is 12.2 Å². The van der Waals surface area contributed by atoms with Gasteiger partial charge in [-0.3, -0.25) is 4.79 Å². The third-order valence-corrected chi connectivity index (χ3v) is 3.53. The average molecular weight is 372 g/mol. The van der Waals surface area contributed by atoms with Gasteiger partial charge in [0.25, 0.3) is 5.91 Å². The number of rotatable bonds is 5. The van der Waals surface area contributed by atoms with Crippen LogP contribution in [0, 0.1) is 11.3 Å². The lowest BCUT2D eigenvalue weighted by Gasteiger charge is -2.16. The van der Waals surface area contributed by atoms with Crippen LogP contribution in [-0.4, -0.2) is 22.6 Å². The van der Waals surface area contributed by atoms with Crippen LogP contribution >= 0.6 is 15.9 Å². The van der Waals surface area contributed by atoms with Gasteiger partial charge in [0.1, 0.15) is 16.2 Å². The van der Waals surface area contributed by atoms with Gasteiger partial charge in [-0.05, 0) is 39.7 Å². The van der Waals surface area contributed by atoms with Gasteiger partial charge >= 0.3 is 0 Å². The lowest BCUT2D eigenvalue weighted by molar-refractivity contribution is -0.118. The molecule has 0 bridgehead atoms. The smallest absolute Gasteiger partial charge is 0.262 e. The summed E-state index contributed by atoms with van der Waals surface area (Å²) in [6.07, 6.45) is 1.40. The van der Waals surface area contributed by atoms with Crippen LogP contribution in [-0.2, 0) is 4.79 Å². The van der Waals surface area contributed by atoms with Gasteiger partial charge < -0.3 is 10.4 Å². The zero-order chi connectivity index (χ0) is 16.7. The summed E-state index contributed by atoms with van der Waals surface area (Å²) >= 11 is 3.24. The molecule has 0 saturated heterocycles. The highest BCUT2D eigenvalue weighted by atomic mass is 79.9. The predicted molar refractivity (Wildman–Crippen MR) is 89.9 cm³/mol. The molecule has 23 heavy (non-hydrogen) atoms. The molecule has 1 heterocycles. The maximum absolute atomic E-state index is 12.3. The van der Waals surface area contributed by atoms with Gasteiger partial charge in [-0.15, -0.1) is 0 Å². The van der Waals surface area contributed by atoms with E-state index in [2.05, 4.69) is 26.2 Å². The minimum absolute atomic E-state index is 0.0787. The Morgan fingerprint density at radius 3 is 2.65 bits per heavy atom. The first kappa shape index (κ1) is 16.9. The molecule has 6 heteroatoms. The molecule has 0 fully saturated rings. The fourth-order valence-corrected chi connectivity index (χ4v) is 2.31. The summed E-state index contributed by atoms with van der Waals surface area (Å²) < 4.78 is 0.612. The molecule has 0 aliphatic rings. The van der Waals surface area contributed by atoms with Crippen molar-refractivity contribution in [2.75, 3.05) is 6.61 Å². The van der Waals surface area contributed by atoms with E-state index in [9.17, 15) is 15.2 Å². The summed E-state index contributed by atoms with van der Waals surface area (Å²) in [5, 5.41) is 21.3. The quantitative estimate of drug-likeness (QED) is 0.480. The number of carbonyl (C=O) groups excluding carboxylic acids is 1. The maximum Gasteiger partial charge on any atom is 0.262 e. The number of aliphatic hydroxyl groups excluding tert-OH is 1. The number of amides is 1. The molecular formula is C17H14BrN3O2. The van der Waals surface area contributed by atoms with Gasteiger partial charge in [-0.25, -0.2) is 4.98 Å². The van der Waals surface area contributed by atoms with Crippen LogP contribution in [0.3, 0.4) is 0 Å². The number of pyridine rings is 1. The summed E-state index contributed by atoms with van der Waals surface area (Å²) in [6, 6.07) is 15.6. The second-order valence-electron chi connectivity index (χ2n) is 4.67. The van der Waals surface area contributed by atoms with E-state index in [1.54, 1.807) is 30.3 Å². The molecule has 0 aliphatic heterocycles. The van der Waals surface area contributed by atoms with E-state index in [0.717, 1.165) is 5.56 Å². The van der Waals surface area contributed by atoms with E-state index in [1.165, 1.54) is 6.08 Å². The van der Waals surface area contributed by atoms with Crippen LogP contribution in [0.15, 0.2) is 58.7 Å². The monoisotopic (exact) mass is 371 g/mol. The molecule has 2 N–H and O–H groups in total. The molecule has 0 aliphatic carbocycles. The fourth-order valence-electron chi connectivity index (χ4n) is 1.96. The van der Waals surface area contributed by atoms with Gasteiger partial charge in [0.2, 0.25) is 0 Å². The molecule has 0 spiro atoms. The Morgan fingerprint density at radius 2 is 2.04 bits per heavy atom. The van der Waals surface area contributed by atoms with Crippen molar-refractivity contribution in [2.45, 2.75) is 6.04 Å². The van der Waals surface area contributed by atoms with Crippen molar-refractivity contribution in [1.82, 2.24) is 10.3 Å². The van der Waals surface area contributed by atoms with Crippen molar-refractivity contribution in [3.05, 3.63) is 70.0 Å². The van der Waals surface area contributed by atoms with E-state index in [0.29, 0.717) is 10.3 Å². The number of benzene rings is 1. The molecule has 2 aromatic rings. The number of nitrogens with zero attached hydrogens (tertiary/aromatic N) is 2. The Kier molecular flexibility index (Phi) is 6.03. The largest absolute Gasteiger partial charge is 0.394 e. The van der Waals surface area contributed by atoms with Crippen molar-refractivity contribution < 1.29 is 9.90 Å². The third-order valence-electron chi connectivity index (χ3n) is 3.08. The lowest BCUT2D eigenvalue weighted by atomic mass is 10.1. The van der Waals surface area contributed by atoms with Crippen LogP contribution in [0.4, 0.5) is 0 Å². The summed E-state index contributed by atoms with van der Waals surface area (Å²) in [7, 11) is 0. The Hall–Kier alpha value is -2.49. The fraction of sp³-hybridized carbons (Fsp3) is 0.118. The maximum atomic E-state index is 12.3. The molecule has 2 rings (SSSR count). The minimum Gasteiger partial charge on any atom is -0.394 e. The van der Waals surface area contributed by atoms with Gasteiger partial charge in [-0.2, -0.15) is 5.26 Å². The number of nitriles is 1. The Bertz CT molecular complexity index is 754. The zero-order valence-corrected chi connectivity index (χ0v) is 13.7. The second-order valence-corrected chi connectivity index (χ2v) is 5.49. The van der Waals surface area contributed by atoms with Gasteiger partial charge in [0.15, 0.2) is 0 Å². The van der Waals surface area contributed by atoms with Crippen molar-refractivity contribution in [3.63, 3.8) is 0 Å². The second kappa shape index (κ2) is 8.22. The van der Waals surface area contributed by atoms with E-state index < -0.39 is 11.9 Å². The number of hydrogen-bond acceptors (Lipinski definition) is 4. The molecule has 5 nitrogen and oxygen atoms in total. The molecule has 1 amide bonds. The van der Waals surface area contributed by atoms with Crippen LogP contribution in [0.5, 0.6) is 0 Å². The topological polar surface area (TPSA) is 86.0 Å². The van der Waals surface area contributed by atoms with Crippen LogP contribution in [0.2, 0.25) is 0 Å². The molecule has 1 aromatic heterocycles. The SMILES string of the molecule is N#C/C(=C\c1cccc(Br)n1)C(=O)NC(CO)c1ccccc1. The molecule has 0 radical (unpaired) electrons. The Labute approximate surface area is 142 Å². The summed E-state index contributed by atoms with van der Waals surface area (Å²) in [5.41, 5.74) is 1.18. The Balaban J connectivity index is 2.18. The number of carbonyl (C=O) groups is 1. The van der Waals surface area contributed by atoms with Crippen LogP contribution < -0.4 is 5.32 Å². The standard InChI is InChI=1S/C17H14BrN3O2/c18-16-8-4-7-14(20-16)9-13(10-19)17(23)21-15(11-22)12-5-2-1-3-6-12/h1-9,15,22H,11H2,(H,21,23)/b13-9+. The number of nitrogens with one attached hydrogen (secondary N) is 1. The van der Waals surface area contributed by atoms with Crippen molar-refractivity contribution >= 4 is 27.9 Å². The predicted octanol–water partition coefficient (Wildman–Crippen LogP) is 2.60. The van der Waals surface area contributed by atoms with Crippen LogP contribution in [0.1, 0.15) is 17.3 Å². The molecular weight excluding hydrogens is 358 g/mol. The summed E-state index contributed by atoms with van der Waals surface area (Å²) in [5.74, 6) is -0.558. The Morgan fingerprint density at radius 1 is 1.30 bits per heavy atom. The number of aromatic nitrogens is 1. The van der Waals surface area contributed by atoms with Crippen molar-refractivity contribution in [1.29, 1.82) is 5.26 Å². The first-order chi connectivity index (χ1) is 11.1. The first-order valence-electron chi connectivity index (χ1n) is 6.85. The van der Waals surface area contributed by atoms with E-state index in [4.69, 9.17) is 0 Å². The van der Waals surface area contributed by atoms with Crippen molar-refractivity contribution in [2.24, 2.45) is 0 Å². The number of halogens is 1. The van der Waals surface area contributed by atoms with Gasteiger partial charge in [0, 0.05) is 0 Å². The zero-order valence-electron chi connectivity index (χ0n) is 12.1. The molecule has 1 atom stereocenters. The highest BCUT2D eigenvalue weighted by Crippen LogP contribution is 2.14. The molecule has 116 valence electrons. The van der Waals surface area contributed by atoms with Crippen LogP contribution in [0.25, 0.3) is 6.08 Å². The van der Waals surface area contributed by atoms with Crippen molar-refractivity contribution in [3.8, 4) is 6.07 Å². The van der Waals surface area contributed by atoms with Gasteiger partial charge in [-0.1, -0.05) is 36.4 Å². The highest BCUT2D eigenvalue weighted by Gasteiger charge is 2.16. The number of hydrogen-bond donors (Lipinski definition) is 2. The third kappa shape index (κ3) is 4.74. The highest BCUT2D eigenvalue weighted by molar-refractivity contribution is 9.10. The summed E-state index contributed by atoms with van der Waals surface area (Å²) in [4.78, 5) is 16.4. The van der Waals surface area contributed by atoms with Gasteiger partial charge in [0.05, 0.1) is 18.3 Å². The van der Waals surface area contributed by atoms with E-state index in [1.807, 2.05) is 24.3 Å². The lowest BCUT2D eigenvalue weighted by Crippen LogP contribution is -2.31. The molecule has 0 saturated carbocycles. The first-order valence-corrected chi connectivity index (χ1v) is 7.64. The van der Waals surface area contributed by atoms with E-state index >= 15 is 0 Å². The molecule has 1 unspecified atom stereocenters.